The van der Waals surface area contributed by atoms with Crippen LogP contribution in [-0.2, 0) is 4.79 Å². The Morgan fingerprint density at radius 3 is 2.69 bits per heavy atom. The van der Waals surface area contributed by atoms with E-state index in [4.69, 9.17) is 5.11 Å². The monoisotopic (exact) mass is 228 g/mol. The molecule has 1 heterocycles. The highest BCUT2D eigenvalue weighted by Gasteiger charge is 2.26. The van der Waals surface area contributed by atoms with E-state index in [0.29, 0.717) is 12.3 Å². The number of hydrogen-bond donors (Lipinski definition) is 2. The number of aliphatic carboxylic acids is 1. The highest BCUT2D eigenvalue weighted by atomic mass is 16.4. The van der Waals surface area contributed by atoms with Gasteiger partial charge in [0.1, 0.15) is 6.04 Å². The first-order valence-electron chi connectivity index (χ1n) is 5.82. The number of carbonyl (C=O) groups is 2. The van der Waals surface area contributed by atoms with Crippen molar-refractivity contribution in [3.8, 4) is 0 Å². The molecule has 0 aliphatic carbocycles. The van der Waals surface area contributed by atoms with Gasteiger partial charge in [0.2, 0.25) is 0 Å². The van der Waals surface area contributed by atoms with Crippen molar-refractivity contribution in [1.82, 2.24) is 10.2 Å². The molecule has 2 amide bonds. The van der Waals surface area contributed by atoms with Gasteiger partial charge in [0.05, 0.1) is 0 Å². The molecule has 0 aromatic carbocycles. The number of amides is 2. The van der Waals surface area contributed by atoms with E-state index in [1.54, 1.807) is 4.90 Å². The lowest BCUT2D eigenvalue weighted by Crippen LogP contribution is -2.47. The SMILES string of the molecule is CCC[C@H](NC(=O)N1CCC(C)C1)C(=O)O. The number of nitrogens with zero attached hydrogens (tertiary/aromatic N) is 1. The van der Waals surface area contributed by atoms with Gasteiger partial charge in [-0.2, -0.15) is 0 Å². The first kappa shape index (κ1) is 12.8. The summed E-state index contributed by atoms with van der Waals surface area (Å²) >= 11 is 0. The van der Waals surface area contributed by atoms with Gasteiger partial charge in [-0.1, -0.05) is 20.3 Å². The molecule has 1 fully saturated rings. The Morgan fingerprint density at radius 1 is 1.56 bits per heavy atom. The predicted molar refractivity (Wildman–Crippen MR) is 60.2 cm³/mol. The van der Waals surface area contributed by atoms with Gasteiger partial charge in [-0.15, -0.1) is 0 Å². The maximum Gasteiger partial charge on any atom is 0.326 e. The predicted octanol–water partition coefficient (Wildman–Crippen LogP) is 1.29. The standard InChI is InChI=1S/C11H20N2O3/c1-3-4-9(10(14)15)12-11(16)13-6-5-8(2)7-13/h8-9H,3-7H2,1-2H3,(H,12,16)(H,14,15)/t8?,9-/m0/s1. The minimum Gasteiger partial charge on any atom is -0.480 e. The largest absolute Gasteiger partial charge is 0.480 e. The summed E-state index contributed by atoms with van der Waals surface area (Å²) in [6.45, 7) is 5.45. The third kappa shape index (κ3) is 3.40. The molecule has 0 aromatic heterocycles. The topological polar surface area (TPSA) is 69.6 Å². The minimum atomic E-state index is -0.956. The van der Waals surface area contributed by atoms with E-state index in [1.807, 2.05) is 6.92 Å². The lowest BCUT2D eigenvalue weighted by Gasteiger charge is -2.20. The third-order valence-electron chi connectivity index (χ3n) is 2.88. The molecule has 92 valence electrons. The van der Waals surface area contributed by atoms with Crippen molar-refractivity contribution >= 4 is 12.0 Å². The molecule has 0 radical (unpaired) electrons. The Bertz CT molecular complexity index is 268. The average Bonchev–Trinajstić information content (AvgIpc) is 2.64. The quantitative estimate of drug-likeness (QED) is 0.761. The molecule has 0 aromatic rings. The molecule has 5 nitrogen and oxygen atoms in total. The van der Waals surface area contributed by atoms with Crippen LogP contribution in [0.5, 0.6) is 0 Å². The van der Waals surface area contributed by atoms with Crippen molar-refractivity contribution in [3.05, 3.63) is 0 Å². The Hall–Kier alpha value is -1.26. The van der Waals surface area contributed by atoms with E-state index >= 15 is 0 Å². The van der Waals surface area contributed by atoms with Gasteiger partial charge in [0.15, 0.2) is 0 Å². The molecule has 1 unspecified atom stereocenters. The molecule has 2 atom stereocenters. The lowest BCUT2D eigenvalue weighted by atomic mass is 10.2. The van der Waals surface area contributed by atoms with Gasteiger partial charge < -0.3 is 15.3 Å². The second kappa shape index (κ2) is 5.72. The molecular weight excluding hydrogens is 208 g/mol. The van der Waals surface area contributed by atoms with E-state index in [9.17, 15) is 9.59 Å². The highest BCUT2D eigenvalue weighted by molar-refractivity contribution is 5.82. The Labute approximate surface area is 95.8 Å². The summed E-state index contributed by atoms with van der Waals surface area (Å²) in [5, 5.41) is 11.5. The van der Waals surface area contributed by atoms with Gasteiger partial charge in [0.25, 0.3) is 0 Å². The Morgan fingerprint density at radius 2 is 2.25 bits per heavy atom. The zero-order valence-corrected chi connectivity index (χ0v) is 9.90. The molecule has 1 saturated heterocycles. The summed E-state index contributed by atoms with van der Waals surface area (Å²) < 4.78 is 0. The first-order valence-corrected chi connectivity index (χ1v) is 5.82. The summed E-state index contributed by atoms with van der Waals surface area (Å²) in [7, 11) is 0. The molecule has 16 heavy (non-hydrogen) atoms. The third-order valence-corrected chi connectivity index (χ3v) is 2.88. The van der Waals surface area contributed by atoms with Gasteiger partial charge in [-0.05, 0) is 18.8 Å². The number of carboxylic acid groups (broad SMARTS) is 1. The zero-order valence-electron chi connectivity index (χ0n) is 9.90. The normalized spacial score (nSPS) is 21.9. The molecule has 1 aliphatic heterocycles. The maximum atomic E-state index is 11.7. The molecule has 0 bridgehead atoms. The van der Waals surface area contributed by atoms with Crippen molar-refractivity contribution in [1.29, 1.82) is 0 Å². The minimum absolute atomic E-state index is 0.245. The van der Waals surface area contributed by atoms with E-state index in [2.05, 4.69) is 12.2 Å². The van der Waals surface area contributed by atoms with Crippen LogP contribution in [0.4, 0.5) is 4.79 Å². The van der Waals surface area contributed by atoms with Crippen molar-refractivity contribution in [2.75, 3.05) is 13.1 Å². The second-order valence-corrected chi connectivity index (χ2v) is 4.47. The van der Waals surface area contributed by atoms with Gasteiger partial charge in [-0.25, -0.2) is 9.59 Å². The van der Waals surface area contributed by atoms with Crippen molar-refractivity contribution < 1.29 is 14.7 Å². The molecular formula is C11H20N2O3. The number of urea groups is 1. The average molecular weight is 228 g/mol. The molecule has 0 spiro atoms. The lowest BCUT2D eigenvalue weighted by molar-refractivity contribution is -0.139. The molecule has 5 heteroatoms. The van der Waals surface area contributed by atoms with Crippen LogP contribution in [0.25, 0.3) is 0 Å². The van der Waals surface area contributed by atoms with Gasteiger partial charge >= 0.3 is 12.0 Å². The summed E-state index contributed by atoms with van der Waals surface area (Å²) in [5.41, 5.74) is 0. The number of hydrogen-bond acceptors (Lipinski definition) is 2. The fourth-order valence-electron chi connectivity index (χ4n) is 1.91. The van der Waals surface area contributed by atoms with Crippen LogP contribution in [0.1, 0.15) is 33.1 Å². The fourth-order valence-corrected chi connectivity index (χ4v) is 1.91. The van der Waals surface area contributed by atoms with Crippen molar-refractivity contribution in [2.45, 2.75) is 39.2 Å². The van der Waals surface area contributed by atoms with Crippen LogP contribution >= 0.6 is 0 Å². The van der Waals surface area contributed by atoms with Crippen LogP contribution in [0.2, 0.25) is 0 Å². The summed E-state index contributed by atoms with van der Waals surface area (Å²) in [6, 6.07) is -1.00. The van der Waals surface area contributed by atoms with E-state index in [1.165, 1.54) is 0 Å². The summed E-state index contributed by atoms with van der Waals surface area (Å²) in [5.74, 6) is -0.442. The van der Waals surface area contributed by atoms with Crippen LogP contribution in [0.15, 0.2) is 0 Å². The second-order valence-electron chi connectivity index (χ2n) is 4.47. The van der Waals surface area contributed by atoms with E-state index < -0.39 is 12.0 Å². The number of carboxylic acids is 1. The molecule has 2 N–H and O–H groups in total. The number of rotatable bonds is 4. The molecule has 1 rings (SSSR count). The van der Waals surface area contributed by atoms with Crippen LogP contribution in [0, 0.1) is 5.92 Å². The summed E-state index contributed by atoms with van der Waals surface area (Å²) in [4.78, 5) is 24.3. The molecule has 0 saturated carbocycles. The van der Waals surface area contributed by atoms with Gasteiger partial charge in [-0.3, -0.25) is 0 Å². The molecule has 1 aliphatic rings. The van der Waals surface area contributed by atoms with Crippen molar-refractivity contribution in [3.63, 3.8) is 0 Å². The number of carbonyl (C=O) groups excluding carboxylic acids is 1. The van der Waals surface area contributed by atoms with Crippen LogP contribution in [0.3, 0.4) is 0 Å². The van der Waals surface area contributed by atoms with Gasteiger partial charge in [0, 0.05) is 13.1 Å². The van der Waals surface area contributed by atoms with Crippen molar-refractivity contribution in [2.24, 2.45) is 5.92 Å². The smallest absolute Gasteiger partial charge is 0.326 e. The first-order chi connectivity index (χ1) is 7.54. The summed E-state index contributed by atoms with van der Waals surface area (Å²) in [6.07, 6.45) is 2.22. The maximum absolute atomic E-state index is 11.7. The fraction of sp³-hybridized carbons (Fsp3) is 0.818. The van der Waals surface area contributed by atoms with E-state index in [-0.39, 0.29) is 6.03 Å². The number of likely N-dealkylation sites (tertiary alicyclic amines) is 1. The van der Waals surface area contributed by atoms with Crippen LogP contribution in [-0.4, -0.2) is 41.1 Å². The zero-order chi connectivity index (χ0) is 12.1. The highest BCUT2D eigenvalue weighted by Crippen LogP contribution is 2.15. The van der Waals surface area contributed by atoms with E-state index in [0.717, 1.165) is 25.9 Å². The Balaban J connectivity index is 2.45. The number of nitrogens with one attached hydrogen (secondary N) is 1. The Kier molecular flexibility index (Phi) is 4.58. The van der Waals surface area contributed by atoms with Crippen LogP contribution < -0.4 is 5.32 Å².